The Hall–Kier alpha value is -1.92. The van der Waals surface area contributed by atoms with Crippen molar-refractivity contribution in [3.8, 4) is 0 Å². The zero-order valence-electron chi connectivity index (χ0n) is 13.4. The lowest BCUT2D eigenvalue weighted by Crippen LogP contribution is -2.30. The molecule has 2 N–H and O–H groups in total. The first kappa shape index (κ1) is 17.4. The lowest BCUT2D eigenvalue weighted by molar-refractivity contribution is 0.102. The van der Waals surface area contributed by atoms with Crippen molar-refractivity contribution in [1.29, 1.82) is 0 Å². The van der Waals surface area contributed by atoms with E-state index in [1.807, 2.05) is 42.8 Å². The van der Waals surface area contributed by atoms with E-state index in [-0.39, 0.29) is 18.3 Å². The summed E-state index contributed by atoms with van der Waals surface area (Å²) in [7, 11) is 0. The maximum atomic E-state index is 12.4. The van der Waals surface area contributed by atoms with Crippen LogP contribution in [0.3, 0.4) is 0 Å². The van der Waals surface area contributed by atoms with Crippen LogP contribution in [0.5, 0.6) is 0 Å². The molecule has 1 saturated heterocycles. The van der Waals surface area contributed by atoms with Crippen LogP contribution in [0, 0.1) is 13.8 Å². The third kappa shape index (κ3) is 3.89. The van der Waals surface area contributed by atoms with E-state index in [0.29, 0.717) is 11.7 Å². The summed E-state index contributed by atoms with van der Waals surface area (Å²) in [6, 6.07) is 8.05. The minimum Gasteiger partial charge on any atom is -0.321 e. The third-order valence-corrected chi connectivity index (χ3v) is 4.07. The van der Waals surface area contributed by atoms with Gasteiger partial charge in [-0.15, -0.1) is 17.5 Å². The molecule has 3 rings (SSSR count). The third-order valence-electron chi connectivity index (χ3n) is 4.07. The molecule has 124 valence electrons. The fourth-order valence-corrected chi connectivity index (χ4v) is 2.86. The summed E-state index contributed by atoms with van der Waals surface area (Å²) in [5.41, 5.74) is 3.12. The number of anilines is 1. The van der Waals surface area contributed by atoms with Gasteiger partial charge in [-0.05, 0) is 57.5 Å². The van der Waals surface area contributed by atoms with Crippen LogP contribution in [0.2, 0.25) is 0 Å². The van der Waals surface area contributed by atoms with Gasteiger partial charge in [0.15, 0.2) is 5.69 Å². The van der Waals surface area contributed by atoms with Crippen molar-refractivity contribution in [2.75, 3.05) is 18.4 Å². The van der Waals surface area contributed by atoms with E-state index in [0.717, 1.165) is 42.9 Å². The van der Waals surface area contributed by atoms with E-state index in [2.05, 4.69) is 20.9 Å². The molecule has 1 amide bonds. The molecule has 0 radical (unpaired) electrons. The Balaban J connectivity index is 0.00000192. The van der Waals surface area contributed by atoms with Gasteiger partial charge in [0.05, 0.1) is 11.7 Å². The second-order valence-corrected chi connectivity index (χ2v) is 5.77. The molecule has 0 aliphatic carbocycles. The van der Waals surface area contributed by atoms with Crippen LogP contribution in [-0.4, -0.2) is 34.0 Å². The molecule has 0 spiro atoms. The number of piperidine rings is 1. The summed E-state index contributed by atoms with van der Waals surface area (Å²) in [5.74, 6) is -0.205. The van der Waals surface area contributed by atoms with E-state index in [9.17, 15) is 4.79 Å². The number of amides is 1. The summed E-state index contributed by atoms with van der Waals surface area (Å²) in [6.07, 6.45) is 2.03. The summed E-state index contributed by atoms with van der Waals surface area (Å²) in [4.78, 5) is 12.4. The molecule has 0 atom stereocenters. The Morgan fingerprint density at radius 3 is 2.74 bits per heavy atom. The number of nitrogens with zero attached hydrogens (tertiary/aromatic N) is 3. The van der Waals surface area contributed by atoms with Crippen molar-refractivity contribution in [2.24, 2.45) is 0 Å². The van der Waals surface area contributed by atoms with Gasteiger partial charge in [0, 0.05) is 5.69 Å². The van der Waals surface area contributed by atoms with Crippen LogP contribution >= 0.6 is 12.4 Å². The minimum atomic E-state index is -0.205. The second kappa shape index (κ2) is 7.57. The van der Waals surface area contributed by atoms with Crippen molar-refractivity contribution in [1.82, 2.24) is 20.3 Å². The molecular weight excluding hydrogens is 314 g/mol. The average molecular weight is 336 g/mol. The van der Waals surface area contributed by atoms with Gasteiger partial charge in [0.2, 0.25) is 0 Å². The van der Waals surface area contributed by atoms with Crippen LogP contribution in [0.25, 0.3) is 0 Å². The quantitative estimate of drug-likeness (QED) is 0.904. The highest BCUT2D eigenvalue weighted by Gasteiger charge is 2.22. The van der Waals surface area contributed by atoms with E-state index >= 15 is 0 Å². The number of nitrogens with one attached hydrogen (secondary N) is 2. The highest BCUT2D eigenvalue weighted by Crippen LogP contribution is 2.21. The number of benzene rings is 1. The standard InChI is InChI=1S/C16H21N5O.ClH/c1-11-4-3-5-13(10-11)18-16(22)15-12(2)21(20-19-15)14-6-8-17-9-7-14;/h3-5,10,14,17H,6-9H2,1-2H3,(H,18,22);1H. The van der Waals surface area contributed by atoms with Gasteiger partial charge in [0.25, 0.3) is 5.91 Å². The van der Waals surface area contributed by atoms with Gasteiger partial charge >= 0.3 is 0 Å². The van der Waals surface area contributed by atoms with Gasteiger partial charge in [0.1, 0.15) is 0 Å². The van der Waals surface area contributed by atoms with Crippen LogP contribution in [0.15, 0.2) is 24.3 Å². The maximum absolute atomic E-state index is 12.4. The molecule has 7 heteroatoms. The fourth-order valence-electron chi connectivity index (χ4n) is 2.86. The molecule has 2 heterocycles. The van der Waals surface area contributed by atoms with E-state index < -0.39 is 0 Å². The number of aryl methyl sites for hydroxylation is 1. The number of halogens is 1. The van der Waals surface area contributed by atoms with Gasteiger partial charge in [-0.2, -0.15) is 0 Å². The highest BCUT2D eigenvalue weighted by atomic mass is 35.5. The zero-order chi connectivity index (χ0) is 15.5. The Kier molecular flexibility index (Phi) is 5.74. The minimum absolute atomic E-state index is 0. The number of hydrogen-bond donors (Lipinski definition) is 2. The Bertz CT molecular complexity index is 679. The molecule has 6 nitrogen and oxygen atoms in total. The van der Waals surface area contributed by atoms with E-state index in [1.54, 1.807) is 0 Å². The van der Waals surface area contributed by atoms with E-state index in [1.165, 1.54) is 0 Å². The summed E-state index contributed by atoms with van der Waals surface area (Å²) in [5, 5.41) is 14.5. The monoisotopic (exact) mass is 335 g/mol. The summed E-state index contributed by atoms with van der Waals surface area (Å²) >= 11 is 0. The largest absolute Gasteiger partial charge is 0.321 e. The lowest BCUT2D eigenvalue weighted by atomic mass is 10.1. The number of carbonyl (C=O) groups excluding carboxylic acids is 1. The van der Waals surface area contributed by atoms with Crippen LogP contribution in [-0.2, 0) is 0 Å². The number of aromatic nitrogens is 3. The number of hydrogen-bond acceptors (Lipinski definition) is 4. The first-order valence-electron chi connectivity index (χ1n) is 7.65. The smallest absolute Gasteiger partial charge is 0.278 e. The van der Waals surface area contributed by atoms with Crippen LogP contribution < -0.4 is 10.6 Å². The number of carbonyl (C=O) groups is 1. The SMILES string of the molecule is Cc1cccc(NC(=O)c2nnn(C3CCNCC3)c2C)c1.Cl. The maximum Gasteiger partial charge on any atom is 0.278 e. The normalized spacial score (nSPS) is 15.0. The zero-order valence-corrected chi connectivity index (χ0v) is 14.2. The summed E-state index contributed by atoms with van der Waals surface area (Å²) in [6.45, 7) is 5.87. The lowest BCUT2D eigenvalue weighted by Gasteiger charge is -2.23. The van der Waals surface area contributed by atoms with Crippen molar-refractivity contribution in [3.63, 3.8) is 0 Å². The Labute approximate surface area is 142 Å². The van der Waals surface area contributed by atoms with Gasteiger partial charge in [-0.25, -0.2) is 4.68 Å². The first-order chi connectivity index (χ1) is 10.6. The molecule has 0 bridgehead atoms. The second-order valence-electron chi connectivity index (χ2n) is 5.77. The molecule has 2 aromatic rings. The van der Waals surface area contributed by atoms with Crippen molar-refractivity contribution in [2.45, 2.75) is 32.7 Å². The molecule has 1 aromatic carbocycles. The molecule has 0 saturated carbocycles. The average Bonchev–Trinajstić information content (AvgIpc) is 2.90. The highest BCUT2D eigenvalue weighted by molar-refractivity contribution is 6.03. The molecule has 1 aliphatic rings. The van der Waals surface area contributed by atoms with Gasteiger partial charge < -0.3 is 10.6 Å². The van der Waals surface area contributed by atoms with E-state index in [4.69, 9.17) is 0 Å². The molecule has 23 heavy (non-hydrogen) atoms. The van der Waals surface area contributed by atoms with Crippen molar-refractivity contribution in [3.05, 3.63) is 41.2 Å². The Morgan fingerprint density at radius 1 is 1.30 bits per heavy atom. The van der Waals surface area contributed by atoms with Gasteiger partial charge in [-0.1, -0.05) is 17.3 Å². The molecular formula is C16H22ClN5O. The van der Waals surface area contributed by atoms with Crippen molar-refractivity contribution < 1.29 is 4.79 Å². The van der Waals surface area contributed by atoms with Crippen LogP contribution in [0.1, 0.15) is 40.6 Å². The van der Waals surface area contributed by atoms with Crippen molar-refractivity contribution >= 4 is 24.0 Å². The summed E-state index contributed by atoms with van der Waals surface area (Å²) < 4.78 is 1.89. The predicted molar refractivity (Wildman–Crippen MR) is 92.3 cm³/mol. The van der Waals surface area contributed by atoms with Gasteiger partial charge in [-0.3, -0.25) is 4.79 Å². The molecule has 1 aromatic heterocycles. The Morgan fingerprint density at radius 2 is 2.04 bits per heavy atom. The number of rotatable bonds is 3. The predicted octanol–water partition coefficient (Wildman–Crippen LogP) is 2.49. The fraction of sp³-hybridized carbons (Fsp3) is 0.438. The molecule has 1 fully saturated rings. The molecule has 0 unspecified atom stereocenters. The first-order valence-corrected chi connectivity index (χ1v) is 7.65. The topological polar surface area (TPSA) is 71.8 Å². The molecule has 1 aliphatic heterocycles. The van der Waals surface area contributed by atoms with Crippen LogP contribution in [0.4, 0.5) is 5.69 Å².